The number of nitrogens with zero attached hydrogens (tertiary/aromatic N) is 3. The van der Waals surface area contributed by atoms with Crippen molar-refractivity contribution in [2.75, 3.05) is 0 Å². The fourth-order valence-electron chi connectivity index (χ4n) is 5.07. The van der Waals surface area contributed by atoms with E-state index in [1.165, 1.54) is 11.6 Å². The van der Waals surface area contributed by atoms with Gasteiger partial charge in [-0.3, -0.25) is 13.9 Å². The molecule has 35 heavy (non-hydrogen) atoms. The van der Waals surface area contributed by atoms with Crippen molar-refractivity contribution < 1.29 is 4.74 Å². The molecule has 6 rings (SSSR count). The lowest BCUT2D eigenvalue weighted by molar-refractivity contribution is 0.229. The van der Waals surface area contributed by atoms with Crippen molar-refractivity contribution >= 4 is 22.5 Å². The third kappa shape index (κ3) is 3.03. The van der Waals surface area contributed by atoms with Crippen LogP contribution in [0.2, 0.25) is 5.02 Å². The van der Waals surface area contributed by atoms with Crippen molar-refractivity contribution in [2.24, 2.45) is 14.1 Å². The molecule has 1 atom stereocenters. The first-order valence-electron chi connectivity index (χ1n) is 11.3. The second-order valence-corrected chi connectivity index (χ2v) is 9.27. The first-order chi connectivity index (χ1) is 16.9. The van der Waals surface area contributed by atoms with Crippen molar-refractivity contribution in [3.8, 4) is 22.7 Å². The lowest BCUT2D eigenvalue weighted by Crippen LogP contribution is -2.37. The summed E-state index contributed by atoms with van der Waals surface area (Å²) in [7, 11) is 3.22. The molecule has 1 unspecified atom stereocenters. The molecule has 2 aromatic heterocycles. The largest absolute Gasteiger partial charge is 0.477 e. The van der Waals surface area contributed by atoms with Crippen LogP contribution in [0, 0.1) is 6.92 Å². The molecule has 5 aromatic rings. The molecule has 0 saturated heterocycles. The predicted molar refractivity (Wildman–Crippen MR) is 138 cm³/mol. The maximum absolute atomic E-state index is 13.7. The van der Waals surface area contributed by atoms with E-state index in [2.05, 4.69) is 4.57 Å². The van der Waals surface area contributed by atoms with Crippen molar-refractivity contribution in [1.29, 1.82) is 0 Å². The molecule has 1 aliphatic heterocycles. The van der Waals surface area contributed by atoms with Gasteiger partial charge in [-0.2, -0.15) is 0 Å². The molecule has 0 amide bonds. The molecule has 0 fully saturated rings. The molecule has 0 saturated carbocycles. The minimum atomic E-state index is -0.555. The standard InChI is InChI=1S/C28H22ClN3O3/c1-16-8-4-5-9-19(16)23-22-24(30(2)28(34)31(3)27(22)33)25-26(17-12-14-18(29)15-13-17)35-21-11-7-6-10-20(21)32(23)25/h4-15,26H,1-3H3. The minimum absolute atomic E-state index is 0.337. The number of aryl methyl sites for hydroxylation is 2. The van der Waals surface area contributed by atoms with E-state index in [0.29, 0.717) is 21.7 Å². The fraction of sp³-hybridized carbons (Fsp3) is 0.143. The summed E-state index contributed by atoms with van der Waals surface area (Å²) in [5.74, 6) is 0.692. The lowest BCUT2D eigenvalue weighted by atomic mass is 10.0. The van der Waals surface area contributed by atoms with Crippen LogP contribution in [-0.2, 0) is 14.1 Å². The summed E-state index contributed by atoms with van der Waals surface area (Å²) in [6.45, 7) is 2.02. The molecular formula is C28H22ClN3O3. The van der Waals surface area contributed by atoms with Gasteiger partial charge in [-0.1, -0.05) is 60.1 Å². The van der Waals surface area contributed by atoms with Gasteiger partial charge in [0.2, 0.25) is 0 Å². The van der Waals surface area contributed by atoms with Gasteiger partial charge in [-0.05, 0) is 42.3 Å². The third-order valence-electron chi connectivity index (χ3n) is 6.78. The molecule has 3 heterocycles. The Labute approximate surface area is 206 Å². The Morgan fingerprint density at radius 3 is 2.29 bits per heavy atom. The number of rotatable bonds is 2. The average molecular weight is 484 g/mol. The molecule has 0 bridgehead atoms. The zero-order valence-electron chi connectivity index (χ0n) is 19.4. The van der Waals surface area contributed by atoms with E-state index >= 15 is 0 Å². The summed E-state index contributed by atoms with van der Waals surface area (Å²) in [5, 5.41) is 1.10. The number of para-hydroxylation sites is 2. The molecule has 0 radical (unpaired) electrons. The van der Waals surface area contributed by atoms with Gasteiger partial charge in [0, 0.05) is 24.7 Å². The monoisotopic (exact) mass is 483 g/mol. The first kappa shape index (κ1) is 21.5. The normalized spacial score (nSPS) is 14.5. The Hall–Kier alpha value is -4.03. The van der Waals surface area contributed by atoms with Gasteiger partial charge in [0.1, 0.15) is 5.75 Å². The number of halogens is 1. The number of ether oxygens (including phenoxy) is 1. The highest BCUT2D eigenvalue weighted by molar-refractivity contribution is 6.30. The van der Waals surface area contributed by atoms with E-state index in [-0.39, 0.29) is 11.2 Å². The molecular weight excluding hydrogens is 462 g/mol. The van der Waals surface area contributed by atoms with Crippen LogP contribution in [0.5, 0.6) is 5.75 Å². The quantitative estimate of drug-likeness (QED) is 0.349. The number of hydrogen-bond acceptors (Lipinski definition) is 3. The van der Waals surface area contributed by atoms with E-state index in [0.717, 1.165) is 33.8 Å². The van der Waals surface area contributed by atoms with Crippen LogP contribution in [0.1, 0.15) is 22.9 Å². The van der Waals surface area contributed by atoms with Gasteiger partial charge in [-0.15, -0.1) is 0 Å². The Morgan fingerprint density at radius 2 is 1.54 bits per heavy atom. The molecule has 0 aliphatic carbocycles. The molecule has 7 heteroatoms. The molecule has 1 aliphatic rings. The first-order valence-corrected chi connectivity index (χ1v) is 11.7. The van der Waals surface area contributed by atoms with Crippen LogP contribution in [0.3, 0.4) is 0 Å². The lowest BCUT2D eigenvalue weighted by Gasteiger charge is -2.30. The summed E-state index contributed by atoms with van der Waals surface area (Å²) >= 11 is 6.18. The third-order valence-corrected chi connectivity index (χ3v) is 7.03. The van der Waals surface area contributed by atoms with Gasteiger partial charge in [0.25, 0.3) is 5.56 Å². The Morgan fingerprint density at radius 1 is 0.857 bits per heavy atom. The highest BCUT2D eigenvalue weighted by atomic mass is 35.5. The Bertz CT molecular complexity index is 1760. The summed E-state index contributed by atoms with van der Waals surface area (Å²) in [6.07, 6.45) is -0.555. The van der Waals surface area contributed by atoms with Gasteiger partial charge in [-0.25, -0.2) is 4.79 Å². The zero-order valence-corrected chi connectivity index (χ0v) is 20.2. The topological polar surface area (TPSA) is 58.2 Å². The Kier molecular flexibility index (Phi) is 4.76. The minimum Gasteiger partial charge on any atom is -0.477 e. The van der Waals surface area contributed by atoms with Crippen LogP contribution in [-0.4, -0.2) is 13.7 Å². The van der Waals surface area contributed by atoms with E-state index in [1.807, 2.05) is 79.7 Å². The highest BCUT2D eigenvalue weighted by Crippen LogP contribution is 2.47. The molecule has 6 nitrogen and oxygen atoms in total. The molecule has 3 aromatic carbocycles. The van der Waals surface area contributed by atoms with Gasteiger partial charge in [0.05, 0.1) is 28.0 Å². The number of aromatic nitrogens is 3. The Balaban J connectivity index is 1.88. The number of hydrogen-bond donors (Lipinski definition) is 0. The zero-order chi connectivity index (χ0) is 24.4. The van der Waals surface area contributed by atoms with E-state index in [4.69, 9.17) is 16.3 Å². The van der Waals surface area contributed by atoms with Crippen LogP contribution in [0.15, 0.2) is 82.4 Å². The smallest absolute Gasteiger partial charge is 0.331 e. The maximum Gasteiger partial charge on any atom is 0.331 e. The van der Waals surface area contributed by atoms with Crippen molar-refractivity contribution in [3.05, 3.63) is 115 Å². The number of benzene rings is 3. The van der Waals surface area contributed by atoms with Crippen molar-refractivity contribution in [1.82, 2.24) is 13.7 Å². The second kappa shape index (κ2) is 7.75. The van der Waals surface area contributed by atoms with Crippen LogP contribution < -0.4 is 16.0 Å². The van der Waals surface area contributed by atoms with E-state index in [1.54, 1.807) is 11.6 Å². The summed E-state index contributed by atoms with van der Waals surface area (Å²) in [6, 6.07) is 23.2. The second-order valence-electron chi connectivity index (χ2n) is 8.83. The van der Waals surface area contributed by atoms with Crippen molar-refractivity contribution in [2.45, 2.75) is 13.0 Å². The van der Waals surface area contributed by atoms with Crippen LogP contribution in [0.25, 0.3) is 27.8 Å². The van der Waals surface area contributed by atoms with E-state index < -0.39 is 6.10 Å². The average Bonchev–Trinajstić information content (AvgIpc) is 3.23. The van der Waals surface area contributed by atoms with Gasteiger partial charge >= 0.3 is 5.69 Å². The molecule has 174 valence electrons. The number of fused-ring (bicyclic) bond motifs is 5. The summed E-state index contributed by atoms with van der Waals surface area (Å²) in [5.41, 5.74) is 4.95. The maximum atomic E-state index is 13.7. The molecule has 0 spiro atoms. The molecule has 0 N–H and O–H groups in total. The predicted octanol–water partition coefficient (Wildman–Crippen LogP) is 5.14. The summed E-state index contributed by atoms with van der Waals surface area (Å²) in [4.78, 5) is 26.8. The van der Waals surface area contributed by atoms with Gasteiger partial charge < -0.3 is 9.30 Å². The van der Waals surface area contributed by atoms with E-state index in [9.17, 15) is 9.59 Å². The SMILES string of the molecule is Cc1ccccc1-c1c2c(=O)n(C)c(=O)n(C)c2c2n1-c1ccccc1OC2c1ccc(Cl)cc1. The highest BCUT2D eigenvalue weighted by Gasteiger charge is 2.36. The summed E-state index contributed by atoms with van der Waals surface area (Å²) < 4.78 is 11.4. The van der Waals surface area contributed by atoms with Gasteiger partial charge in [0.15, 0.2) is 6.10 Å². The fourth-order valence-corrected chi connectivity index (χ4v) is 5.19. The van der Waals surface area contributed by atoms with Crippen molar-refractivity contribution in [3.63, 3.8) is 0 Å². The van der Waals surface area contributed by atoms with Crippen LogP contribution >= 0.6 is 11.6 Å². The van der Waals surface area contributed by atoms with Crippen LogP contribution in [0.4, 0.5) is 0 Å².